The highest BCUT2D eigenvalue weighted by atomic mass is 16.4. The molecule has 0 aliphatic carbocycles. The van der Waals surface area contributed by atoms with Gasteiger partial charge in [-0.25, -0.2) is 9.79 Å². The Morgan fingerprint density at radius 1 is 1.00 bits per heavy atom. The lowest BCUT2D eigenvalue weighted by Crippen LogP contribution is -2.49. The number of carbonyl (C=O) groups is 3. The maximum atomic E-state index is 13.4. The summed E-state index contributed by atoms with van der Waals surface area (Å²) in [5, 5.41) is 14.7. The van der Waals surface area contributed by atoms with E-state index in [1.54, 1.807) is 42.5 Å². The number of carboxylic acids is 1. The Kier molecular flexibility index (Phi) is 6.17. The Morgan fingerprint density at radius 2 is 1.73 bits per heavy atom. The maximum absolute atomic E-state index is 13.4. The van der Waals surface area contributed by atoms with E-state index in [1.165, 1.54) is 0 Å². The molecule has 1 aliphatic heterocycles. The summed E-state index contributed by atoms with van der Waals surface area (Å²) in [5.74, 6) is -1.82. The summed E-state index contributed by atoms with van der Waals surface area (Å²) in [7, 11) is 0. The molecular weight excluding hydrogens is 420 g/mol. The van der Waals surface area contributed by atoms with Crippen LogP contribution in [0.1, 0.15) is 16.7 Å². The molecule has 0 spiro atoms. The molecule has 0 aromatic heterocycles. The normalized spacial score (nSPS) is 15.2. The van der Waals surface area contributed by atoms with Crippen molar-refractivity contribution in [1.29, 1.82) is 0 Å². The lowest BCUT2D eigenvalue weighted by Gasteiger charge is -2.23. The van der Waals surface area contributed by atoms with Crippen LogP contribution in [-0.4, -0.2) is 41.4 Å². The summed E-state index contributed by atoms with van der Waals surface area (Å²) in [4.78, 5) is 43.4. The van der Waals surface area contributed by atoms with E-state index in [9.17, 15) is 19.5 Å². The van der Waals surface area contributed by atoms with Gasteiger partial charge in [0.1, 0.15) is 6.54 Å². The minimum absolute atomic E-state index is 0.413. The van der Waals surface area contributed by atoms with Crippen molar-refractivity contribution in [2.45, 2.75) is 13.1 Å². The molecule has 1 atom stereocenters. The highest BCUT2D eigenvalue weighted by Gasteiger charge is 2.34. The van der Waals surface area contributed by atoms with E-state index in [-0.39, 0.29) is 0 Å². The Balaban J connectivity index is 1.74. The van der Waals surface area contributed by atoms with E-state index in [0.29, 0.717) is 22.6 Å². The van der Waals surface area contributed by atoms with Gasteiger partial charge in [0.2, 0.25) is 6.17 Å². The first-order chi connectivity index (χ1) is 15.9. The first kappa shape index (κ1) is 21.8. The van der Waals surface area contributed by atoms with Gasteiger partial charge in [-0.2, -0.15) is 0 Å². The van der Waals surface area contributed by atoms with Crippen molar-refractivity contribution in [2.24, 2.45) is 4.99 Å². The number of aliphatic imine (C=N–C) groups is 1. The number of benzene rings is 3. The maximum Gasteiger partial charge on any atom is 0.323 e. The van der Waals surface area contributed by atoms with Crippen LogP contribution >= 0.6 is 0 Å². The van der Waals surface area contributed by atoms with Gasteiger partial charge in [0.05, 0.1) is 11.4 Å². The molecule has 3 N–H and O–H groups in total. The van der Waals surface area contributed by atoms with Crippen molar-refractivity contribution < 1.29 is 19.5 Å². The lowest BCUT2D eigenvalue weighted by molar-refractivity contribution is -0.136. The molecule has 0 radical (unpaired) electrons. The average Bonchev–Trinajstić information content (AvgIpc) is 2.90. The van der Waals surface area contributed by atoms with Crippen molar-refractivity contribution in [3.63, 3.8) is 0 Å². The number of nitrogens with zero attached hydrogens (tertiary/aromatic N) is 2. The first-order valence-corrected chi connectivity index (χ1v) is 10.3. The van der Waals surface area contributed by atoms with Crippen LogP contribution in [-0.2, 0) is 9.59 Å². The van der Waals surface area contributed by atoms with Gasteiger partial charge in [-0.3, -0.25) is 14.5 Å². The van der Waals surface area contributed by atoms with Crippen LogP contribution in [0.15, 0.2) is 83.9 Å². The highest BCUT2D eigenvalue weighted by molar-refractivity contribution is 6.20. The average molecular weight is 442 g/mol. The number of hydrogen-bond donors (Lipinski definition) is 3. The van der Waals surface area contributed by atoms with Gasteiger partial charge in [0, 0.05) is 16.8 Å². The molecule has 0 saturated carbocycles. The number of nitrogens with one attached hydrogen (secondary N) is 2. The van der Waals surface area contributed by atoms with Crippen molar-refractivity contribution >= 4 is 35.0 Å². The van der Waals surface area contributed by atoms with Crippen molar-refractivity contribution in [2.75, 3.05) is 16.8 Å². The zero-order valence-corrected chi connectivity index (χ0v) is 17.9. The fourth-order valence-electron chi connectivity index (χ4n) is 3.66. The zero-order chi connectivity index (χ0) is 23.4. The monoisotopic (exact) mass is 442 g/mol. The number of aliphatic carboxylic acids is 1. The number of urea groups is 1. The fourth-order valence-corrected chi connectivity index (χ4v) is 3.66. The van der Waals surface area contributed by atoms with Gasteiger partial charge in [0.25, 0.3) is 5.91 Å². The largest absolute Gasteiger partial charge is 0.480 e. The quantitative estimate of drug-likeness (QED) is 0.562. The summed E-state index contributed by atoms with van der Waals surface area (Å²) in [6, 6.07) is 22.8. The van der Waals surface area contributed by atoms with Crippen LogP contribution in [0.2, 0.25) is 0 Å². The zero-order valence-electron chi connectivity index (χ0n) is 17.9. The van der Waals surface area contributed by atoms with E-state index < -0.39 is 30.6 Å². The van der Waals surface area contributed by atoms with E-state index in [1.807, 2.05) is 43.3 Å². The predicted octanol–water partition coefficient (Wildman–Crippen LogP) is 3.41. The molecule has 0 saturated heterocycles. The third kappa shape index (κ3) is 4.90. The van der Waals surface area contributed by atoms with E-state index >= 15 is 0 Å². The molecule has 4 rings (SSSR count). The molecule has 3 aromatic rings. The summed E-state index contributed by atoms with van der Waals surface area (Å²) in [5.41, 5.74) is 3.75. The summed E-state index contributed by atoms with van der Waals surface area (Å²) in [6.45, 7) is 1.33. The standard InChI is InChI=1S/C25H22N4O4/c1-16-8-7-11-18(14-16)26-25(33)28-23-24(32)29(15-21(30)31)20-13-6-5-12-19(20)22(27-23)17-9-3-2-4-10-17/h2-14,23H,15H2,1H3,(H,30,31)(H2,26,28,33)/t23-/m0/s1. The van der Waals surface area contributed by atoms with Crippen LogP contribution < -0.4 is 15.5 Å². The molecule has 8 nitrogen and oxygen atoms in total. The highest BCUT2D eigenvalue weighted by Crippen LogP contribution is 2.28. The third-order valence-electron chi connectivity index (χ3n) is 5.09. The SMILES string of the molecule is Cc1cccc(NC(=O)N[C@@H]2N=C(c3ccccc3)c3ccccc3N(CC(=O)O)C2=O)c1. The number of benzodiazepines with no additional fused rings is 1. The van der Waals surface area contributed by atoms with Crippen molar-refractivity contribution in [3.8, 4) is 0 Å². The van der Waals surface area contributed by atoms with Crippen LogP contribution in [0.3, 0.4) is 0 Å². The molecule has 8 heteroatoms. The molecule has 1 aliphatic rings. The van der Waals surface area contributed by atoms with Gasteiger partial charge in [-0.05, 0) is 30.7 Å². The topological polar surface area (TPSA) is 111 Å². The minimum atomic E-state index is -1.32. The van der Waals surface area contributed by atoms with Crippen LogP contribution in [0.4, 0.5) is 16.2 Å². The molecule has 3 aromatic carbocycles. The van der Waals surface area contributed by atoms with Gasteiger partial charge in [0.15, 0.2) is 0 Å². The van der Waals surface area contributed by atoms with Crippen molar-refractivity contribution in [1.82, 2.24) is 5.32 Å². The van der Waals surface area contributed by atoms with E-state index in [0.717, 1.165) is 16.0 Å². The van der Waals surface area contributed by atoms with E-state index in [4.69, 9.17) is 0 Å². The number of anilines is 2. The third-order valence-corrected chi connectivity index (χ3v) is 5.09. The molecule has 166 valence electrons. The van der Waals surface area contributed by atoms with Gasteiger partial charge < -0.3 is 15.7 Å². The Hall–Kier alpha value is -4.46. The number of aryl methyl sites for hydroxylation is 1. The molecule has 0 unspecified atom stereocenters. The smallest absolute Gasteiger partial charge is 0.323 e. The molecule has 33 heavy (non-hydrogen) atoms. The number of hydrogen-bond acceptors (Lipinski definition) is 4. The Morgan fingerprint density at radius 3 is 2.45 bits per heavy atom. The number of amides is 3. The van der Waals surface area contributed by atoms with E-state index in [2.05, 4.69) is 15.6 Å². The number of carboxylic acid groups (broad SMARTS) is 1. The van der Waals surface area contributed by atoms with Crippen LogP contribution in [0, 0.1) is 6.92 Å². The first-order valence-electron chi connectivity index (χ1n) is 10.3. The molecular formula is C25H22N4O4. The van der Waals surface area contributed by atoms with Crippen LogP contribution in [0.5, 0.6) is 0 Å². The van der Waals surface area contributed by atoms with Crippen LogP contribution in [0.25, 0.3) is 0 Å². The number of fused-ring (bicyclic) bond motifs is 1. The summed E-state index contributed by atoms with van der Waals surface area (Å²) < 4.78 is 0. The molecule has 1 heterocycles. The fraction of sp³-hybridized carbons (Fsp3) is 0.120. The molecule has 0 fully saturated rings. The summed E-state index contributed by atoms with van der Waals surface area (Å²) in [6.07, 6.45) is -1.32. The predicted molar refractivity (Wildman–Crippen MR) is 126 cm³/mol. The van der Waals surface area contributed by atoms with Gasteiger partial charge in [-0.1, -0.05) is 60.7 Å². The Labute approximate surface area is 190 Å². The second-order valence-electron chi connectivity index (χ2n) is 7.55. The number of para-hydroxylation sites is 1. The van der Waals surface area contributed by atoms with Gasteiger partial charge >= 0.3 is 12.0 Å². The van der Waals surface area contributed by atoms with Crippen molar-refractivity contribution in [3.05, 3.63) is 95.6 Å². The summed E-state index contributed by atoms with van der Waals surface area (Å²) >= 11 is 0. The lowest BCUT2D eigenvalue weighted by atomic mass is 10.0. The molecule has 3 amide bonds. The minimum Gasteiger partial charge on any atom is -0.480 e. The number of rotatable bonds is 5. The Bertz CT molecular complexity index is 1240. The molecule has 0 bridgehead atoms. The second-order valence-corrected chi connectivity index (χ2v) is 7.55. The van der Waals surface area contributed by atoms with Gasteiger partial charge in [-0.15, -0.1) is 0 Å². The number of carbonyl (C=O) groups excluding carboxylic acids is 2. The second kappa shape index (κ2) is 9.35.